The van der Waals surface area contributed by atoms with Crippen LogP contribution in [0, 0.1) is 40.5 Å². The van der Waals surface area contributed by atoms with Crippen LogP contribution in [0.4, 0.5) is 0 Å². The average Bonchev–Trinajstić information content (AvgIpc) is 3.79. The molecule has 0 unspecified atom stereocenters. The molecule has 0 spiro atoms. The van der Waals surface area contributed by atoms with E-state index in [0.717, 1.165) is 11.8 Å². The number of aryl methyl sites for hydroxylation is 2. The monoisotopic (exact) mass is 906 g/mol. The van der Waals surface area contributed by atoms with Crippen molar-refractivity contribution in [2.75, 3.05) is 0 Å². The number of fused-ring (bicyclic) bond motifs is 2. The number of benzene rings is 4. The number of rotatable bonds is 8. The molecule has 2 aliphatic rings. The average molecular weight is 909 g/mol. The molecule has 6 aromatic carbocycles. The van der Waals surface area contributed by atoms with E-state index in [2.05, 4.69) is 145 Å². The third-order valence-electron chi connectivity index (χ3n) is 12.3. The Labute approximate surface area is 383 Å². The Morgan fingerprint density at radius 1 is 0.517 bits per heavy atom. The van der Waals surface area contributed by atoms with Gasteiger partial charge in [0.15, 0.2) is 0 Å². The molecule has 0 saturated heterocycles. The molecule has 0 nitrogen and oxygen atoms in total. The van der Waals surface area contributed by atoms with E-state index in [1.807, 2.05) is 0 Å². The van der Waals surface area contributed by atoms with Gasteiger partial charge >= 0.3 is 30.2 Å². The molecule has 0 atom stereocenters. The van der Waals surface area contributed by atoms with Crippen molar-refractivity contribution in [2.45, 2.75) is 130 Å². The standard InChI is InChI=1S/2C26H31.2CH3.2ClH.Si.Zr/c2*1-18(2)22-9-11-23(12-10-22)25-14-19(3)13-24-16-21(17-26(24)25)15-20-7-5-4-6-8-20;;;;;;/h2*9-14,16-18,20H,4-8,15H2,1-3H3;2*1H3;2*1H;;/q4*-1;;;;. The minimum absolute atomic E-state index is 0. The van der Waals surface area contributed by atoms with Crippen LogP contribution in [0.1, 0.15) is 137 Å². The first kappa shape index (κ1) is 51.9. The Bertz CT molecular complexity index is 1940. The van der Waals surface area contributed by atoms with Gasteiger partial charge in [0, 0.05) is 0 Å². The molecule has 8 rings (SSSR count). The van der Waals surface area contributed by atoms with Crippen molar-refractivity contribution in [1.82, 2.24) is 0 Å². The molecule has 312 valence electrons. The number of hydrogen-bond acceptors (Lipinski definition) is 0. The zero-order valence-electron chi connectivity index (χ0n) is 36.8. The number of halogens is 2. The zero-order chi connectivity index (χ0) is 38.2. The van der Waals surface area contributed by atoms with Gasteiger partial charge in [-0.15, -0.1) is 81.8 Å². The van der Waals surface area contributed by atoms with Crippen molar-refractivity contribution >= 4 is 53.2 Å². The summed E-state index contributed by atoms with van der Waals surface area (Å²) < 4.78 is 0. The van der Waals surface area contributed by atoms with Crippen molar-refractivity contribution in [3.05, 3.63) is 145 Å². The van der Waals surface area contributed by atoms with Crippen molar-refractivity contribution in [3.63, 3.8) is 0 Å². The van der Waals surface area contributed by atoms with Crippen molar-refractivity contribution in [3.8, 4) is 22.3 Å². The van der Waals surface area contributed by atoms with Gasteiger partial charge in [0.25, 0.3) is 0 Å². The quantitative estimate of drug-likeness (QED) is 0.105. The van der Waals surface area contributed by atoms with Gasteiger partial charge in [0.1, 0.15) is 0 Å². The molecule has 0 N–H and O–H groups in total. The fourth-order valence-corrected chi connectivity index (χ4v) is 9.32. The second-order valence-corrected chi connectivity index (χ2v) is 17.3. The van der Waals surface area contributed by atoms with Crippen LogP contribution in [-0.4, -0.2) is 6.88 Å². The molecule has 58 heavy (non-hydrogen) atoms. The van der Waals surface area contributed by atoms with Crippen LogP contribution in [0.3, 0.4) is 0 Å². The summed E-state index contributed by atoms with van der Waals surface area (Å²) in [4.78, 5) is 0. The summed E-state index contributed by atoms with van der Waals surface area (Å²) in [6.45, 7) is 16.5. The van der Waals surface area contributed by atoms with Crippen LogP contribution >= 0.6 is 24.8 Å². The Hall–Kier alpha value is -2.22. The summed E-state index contributed by atoms with van der Waals surface area (Å²) in [5, 5.41) is 5.69. The Kier molecular flexibility index (Phi) is 22.3. The first-order valence-corrected chi connectivity index (χ1v) is 25.2. The summed E-state index contributed by atoms with van der Waals surface area (Å²) >= 11 is 1.36. The first-order chi connectivity index (χ1) is 26.2. The minimum atomic E-state index is 0. The van der Waals surface area contributed by atoms with E-state index in [9.17, 15) is 0 Å². The molecule has 0 bridgehead atoms. The van der Waals surface area contributed by atoms with Gasteiger partial charge in [0.05, 0.1) is 0 Å². The van der Waals surface area contributed by atoms with Gasteiger partial charge in [-0.05, 0) is 72.6 Å². The predicted molar refractivity (Wildman–Crippen MR) is 261 cm³/mol. The van der Waals surface area contributed by atoms with Gasteiger partial charge in [0.2, 0.25) is 0 Å². The van der Waals surface area contributed by atoms with Crippen LogP contribution in [-0.2, 0) is 36.2 Å². The molecule has 2 aliphatic carbocycles. The van der Waals surface area contributed by atoms with Crippen LogP contribution in [0.15, 0.2) is 97.1 Å². The van der Waals surface area contributed by atoms with Gasteiger partial charge in [-0.2, -0.15) is 12.1 Å². The summed E-state index contributed by atoms with van der Waals surface area (Å²) in [6.07, 6.45) is 16.8. The van der Waals surface area contributed by atoms with Crippen molar-refractivity contribution < 1.29 is 23.3 Å². The van der Waals surface area contributed by atoms with Crippen molar-refractivity contribution in [2.24, 2.45) is 11.8 Å². The first-order valence-electron chi connectivity index (χ1n) is 21.1. The SMILES string of the molecule is Cc1cc(-c2ccc(C(C)C)cc2)c2cc(CC3CCCCC3)[cH-]c2c1.Cc1cc(-c2ccc(C(C)C)cc2)c2cc(CC3CCCCC3)[cH-]c2c1.Cl.Cl.[CH3-].[CH3-].[Si]=[Zr]. The van der Waals surface area contributed by atoms with E-state index in [0.29, 0.717) is 11.8 Å². The van der Waals surface area contributed by atoms with Crippen LogP contribution in [0.2, 0.25) is 0 Å². The summed E-state index contributed by atoms with van der Waals surface area (Å²) in [5.74, 6) is 2.97. The molecular weight excluding hydrogens is 839 g/mol. The molecular formula is C54H70Cl2SiZr-4. The zero-order valence-corrected chi connectivity index (χ0v) is 41.9. The van der Waals surface area contributed by atoms with Gasteiger partial charge in [-0.25, -0.2) is 0 Å². The molecule has 2 saturated carbocycles. The van der Waals surface area contributed by atoms with Crippen LogP contribution in [0.5, 0.6) is 0 Å². The van der Waals surface area contributed by atoms with E-state index < -0.39 is 0 Å². The molecule has 0 aliphatic heterocycles. The topological polar surface area (TPSA) is 0 Å². The Morgan fingerprint density at radius 3 is 1.16 bits per heavy atom. The van der Waals surface area contributed by atoms with Gasteiger partial charge in [-0.3, -0.25) is 0 Å². The number of hydrogen-bond donors (Lipinski definition) is 0. The fraction of sp³-hybridized carbons (Fsp3) is 0.407. The third kappa shape index (κ3) is 13.4. The van der Waals surface area contributed by atoms with Gasteiger partial charge < -0.3 is 14.9 Å². The molecule has 0 aromatic heterocycles. The van der Waals surface area contributed by atoms with Crippen molar-refractivity contribution in [1.29, 1.82) is 0 Å². The van der Waals surface area contributed by atoms with Gasteiger partial charge in [-0.1, -0.05) is 175 Å². The molecule has 2 radical (unpaired) electrons. The molecule has 0 amide bonds. The Morgan fingerprint density at radius 2 is 0.845 bits per heavy atom. The predicted octanol–water partition coefficient (Wildman–Crippen LogP) is 16.9. The molecule has 6 aromatic rings. The summed E-state index contributed by atoms with van der Waals surface area (Å²) in [7, 11) is 0. The Balaban J connectivity index is 0.000000360. The normalized spacial score (nSPS) is 14.3. The van der Waals surface area contributed by atoms with Crippen LogP contribution in [0.25, 0.3) is 43.8 Å². The molecule has 0 heterocycles. The maximum absolute atomic E-state index is 3.06. The third-order valence-corrected chi connectivity index (χ3v) is 12.3. The van der Waals surface area contributed by atoms with Crippen LogP contribution < -0.4 is 0 Å². The summed E-state index contributed by atoms with van der Waals surface area (Å²) in [5.41, 5.74) is 14.1. The molecule has 4 heteroatoms. The maximum atomic E-state index is 3.06. The van der Waals surface area contributed by atoms with E-state index in [1.165, 1.54) is 178 Å². The summed E-state index contributed by atoms with van der Waals surface area (Å²) in [6, 6.07) is 37.6. The second-order valence-electron chi connectivity index (χ2n) is 17.3. The fourth-order valence-electron chi connectivity index (χ4n) is 9.32. The van der Waals surface area contributed by atoms with E-state index in [-0.39, 0.29) is 39.7 Å². The van der Waals surface area contributed by atoms with E-state index in [4.69, 9.17) is 0 Å². The molecule has 2 fully saturated rings. The van der Waals surface area contributed by atoms with E-state index in [1.54, 1.807) is 0 Å². The van der Waals surface area contributed by atoms with E-state index >= 15 is 0 Å². The second kappa shape index (κ2) is 24.9.